The zero-order valence-electron chi connectivity index (χ0n) is 13.7. The Bertz CT molecular complexity index is 832. The van der Waals surface area contributed by atoms with Gasteiger partial charge in [0.1, 0.15) is 5.82 Å². The smallest absolute Gasteiger partial charge is 0.151 e. The molecule has 1 N–H and O–H groups in total. The lowest BCUT2D eigenvalue weighted by Crippen LogP contribution is -2.42. The van der Waals surface area contributed by atoms with Crippen molar-refractivity contribution in [3.8, 4) is 0 Å². The molecule has 3 heterocycles. The Morgan fingerprint density at radius 1 is 1.08 bits per heavy atom. The van der Waals surface area contributed by atoms with Crippen LogP contribution in [0.3, 0.4) is 0 Å². The van der Waals surface area contributed by atoms with E-state index in [9.17, 15) is 0 Å². The molecule has 1 aliphatic rings. The van der Waals surface area contributed by atoms with E-state index in [-0.39, 0.29) is 0 Å². The molecule has 0 radical (unpaired) electrons. The van der Waals surface area contributed by atoms with E-state index in [1.165, 1.54) is 0 Å². The van der Waals surface area contributed by atoms with Crippen molar-refractivity contribution in [2.24, 2.45) is 0 Å². The van der Waals surface area contributed by atoms with E-state index >= 15 is 0 Å². The van der Waals surface area contributed by atoms with Crippen molar-refractivity contribution in [2.45, 2.75) is 25.8 Å². The monoisotopic (exact) mass is 320 g/mol. The van der Waals surface area contributed by atoms with Crippen LogP contribution in [-0.4, -0.2) is 39.3 Å². The number of hydrogen-bond acceptors (Lipinski definition) is 6. The largest absolute Gasteiger partial charge is 0.364 e. The Balaban J connectivity index is 1.48. The first-order valence-electron chi connectivity index (χ1n) is 8.31. The molecular weight excluding hydrogens is 300 g/mol. The summed E-state index contributed by atoms with van der Waals surface area (Å²) in [6.45, 7) is 3.86. The lowest BCUT2D eigenvalue weighted by Gasteiger charge is -2.33. The van der Waals surface area contributed by atoms with Gasteiger partial charge in [0.15, 0.2) is 5.82 Å². The Hall–Kier alpha value is -2.76. The molecule has 0 saturated carbocycles. The van der Waals surface area contributed by atoms with Gasteiger partial charge < -0.3 is 10.2 Å². The summed E-state index contributed by atoms with van der Waals surface area (Å²) in [6.07, 6.45) is 4.05. The molecule has 1 aromatic carbocycles. The van der Waals surface area contributed by atoms with Gasteiger partial charge in [0.2, 0.25) is 0 Å². The maximum atomic E-state index is 4.66. The summed E-state index contributed by atoms with van der Waals surface area (Å²) in [5, 5.41) is 12.0. The lowest BCUT2D eigenvalue weighted by molar-refractivity contribution is 0.524. The molecule has 0 spiro atoms. The molecule has 0 aliphatic carbocycles. The van der Waals surface area contributed by atoms with Gasteiger partial charge in [-0.3, -0.25) is 4.98 Å². The molecule has 1 aliphatic heterocycles. The summed E-state index contributed by atoms with van der Waals surface area (Å²) in [5.74, 6) is 1.77. The van der Waals surface area contributed by atoms with Crippen molar-refractivity contribution in [3.63, 3.8) is 0 Å². The van der Waals surface area contributed by atoms with Gasteiger partial charge in [0.25, 0.3) is 0 Å². The van der Waals surface area contributed by atoms with Crippen molar-refractivity contribution in [1.29, 1.82) is 0 Å². The van der Waals surface area contributed by atoms with Gasteiger partial charge in [-0.05, 0) is 44.0 Å². The van der Waals surface area contributed by atoms with E-state index in [0.717, 1.165) is 54.3 Å². The number of benzene rings is 1. The average Bonchev–Trinajstić information content (AvgIpc) is 2.62. The number of nitrogens with one attached hydrogen (secondary N) is 1. The Morgan fingerprint density at radius 3 is 2.79 bits per heavy atom. The highest BCUT2D eigenvalue weighted by atomic mass is 15.3. The molecule has 122 valence electrons. The first-order chi connectivity index (χ1) is 11.8. The van der Waals surface area contributed by atoms with Crippen LogP contribution >= 0.6 is 0 Å². The summed E-state index contributed by atoms with van der Waals surface area (Å²) < 4.78 is 0. The third kappa shape index (κ3) is 3.13. The van der Waals surface area contributed by atoms with Crippen molar-refractivity contribution in [1.82, 2.24) is 20.2 Å². The van der Waals surface area contributed by atoms with Crippen LogP contribution in [0, 0.1) is 6.92 Å². The second kappa shape index (κ2) is 6.39. The molecule has 1 unspecified atom stereocenters. The quantitative estimate of drug-likeness (QED) is 0.800. The predicted molar refractivity (Wildman–Crippen MR) is 95.2 cm³/mol. The van der Waals surface area contributed by atoms with Gasteiger partial charge in [-0.25, -0.2) is 4.98 Å². The number of fused-ring (bicyclic) bond motifs is 1. The van der Waals surface area contributed by atoms with Crippen LogP contribution in [-0.2, 0) is 0 Å². The Labute approximate surface area is 141 Å². The van der Waals surface area contributed by atoms with Crippen molar-refractivity contribution in [3.05, 3.63) is 48.3 Å². The van der Waals surface area contributed by atoms with Gasteiger partial charge in [-0.1, -0.05) is 12.1 Å². The fraction of sp³-hybridized carbons (Fsp3) is 0.333. The molecule has 6 heteroatoms. The topological polar surface area (TPSA) is 66.8 Å². The van der Waals surface area contributed by atoms with E-state index < -0.39 is 0 Å². The Morgan fingerprint density at radius 2 is 1.96 bits per heavy atom. The number of nitrogens with zero attached hydrogens (tertiary/aromatic N) is 5. The lowest BCUT2D eigenvalue weighted by atomic mass is 10.1. The first-order valence-corrected chi connectivity index (χ1v) is 8.31. The minimum Gasteiger partial charge on any atom is -0.364 e. The van der Waals surface area contributed by atoms with Gasteiger partial charge in [-0.2, -0.15) is 5.10 Å². The molecule has 24 heavy (non-hydrogen) atoms. The fourth-order valence-electron chi connectivity index (χ4n) is 3.10. The molecule has 0 amide bonds. The van der Waals surface area contributed by atoms with Crippen molar-refractivity contribution < 1.29 is 0 Å². The number of piperidine rings is 1. The van der Waals surface area contributed by atoms with Crippen LogP contribution in [0.5, 0.6) is 0 Å². The Kier molecular flexibility index (Phi) is 3.94. The summed E-state index contributed by atoms with van der Waals surface area (Å²) in [6, 6.07) is 12.3. The molecule has 0 bridgehead atoms. The van der Waals surface area contributed by atoms with Crippen LogP contribution in [0.4, 0.5) is 11.6 Å². The summed E-state index contributed by atoms with van der Waals surface area (Å²) in [7, 11) is 0. The molecule has 1 saturated heterocycles. The highest BCUT2D eigenvalue weighted by Gasteiger charge is 2.21. The zero-order valence-corrected chi connectivity index (χ0v) is 13.7. The van der Waals surface area contributed by atoms with E-state index in [0.29, 0.717) is 6.04 Å². The minimum atomic E-state index is 0.331. The van der Waals surface area contributed by atoms with Crippen LogP contribution in [0.1, 0.15) is 18.5 Å². The van der Waals surface area contributed by atoms with E-state index in [1.807, 2.05) is 49.5 Å². The molecule has 4 rings (SSSR count). The summed E-state index contributed by atoms with van der Waals surface area (Å²) in [4.78, 5) is 11.4. The maximum absolute atomic E-state index is 4.66. The molecule has 2 aromatic heterocycles. The van der Waals surface area contributed by atoms with Crippen molar-refractivity contribution >= 4 is 22.7 Å². The molecule has 6 nitrogen and oxygen atoms in total. The standard InChI is InChI=1S/C18H20N6/c1-13-8-9-18(23-22-13)24-10-4-5-14(12-24)20-17-11-19-15-6-2-3-7-16(15)21-17/h2-3,6-9,11,14H,4-5,10,12H2,1H3,(H,20,21). The number of para-hydroxylation sites is 2. The van der Waals surface area contributed by atoms with Gasteiger partial charge in [0, 0.05) is 19.1 Å². The highest BCUT2D eigenvalue weighted by Crippen LogP contribution is 2.20. The number of aryl methyl sites for hydroxylation is 1. The first kappa shape index (κ1) is 14.8. The molecule has 1 fully saturated rings. The van der Waals surface area contributed by atoms with E-state index in [1.54, 1.807) is 0 Å². The molecular formula is C18H20N6. The van der Waals surface area contributed by atoms with Gasteiger partial charge in [0.05, 0.1) is 22.9 Å². The predicted octanol–water partition coefficient (Wildman–Crippen LogP) is 2.81. The van der Waals surface area contributed by atoms with Crippen LogP contribution in [0.15, 0.2) is 42.6 Å². The minimum absolute atomic E-state index is 0.331. The van der Waals surface area contributed by atoms with Crippen LogP contribution < -0.4 is 10.2 Å². The number of hydrogen-bond donors (Lipinski definition) is 1. The molecule has 1 atom stereocenters. The van der Waals surface area contributed by atoms with Crippen molar-refractivity contribution in [2.75, 3.05) is 23.3 Å². The SMILES string of the molecule is Cc1ccc(N2CCCC(Nc3cnc4ccccc4n3)C2)nn1. The third-order valence-electron chi connectivity index (χ3n) is 4.33. The number of anilines is 2. The number of aromatic nitrogens is 4. The molecule has 3 aromatic rings. The van der Waals surface area contributed by atoms with E-state index in [2.05, 4.69) is 30.4 Å². The second-order valence-electron chi connectivity index (χ2n) is 6.21. The zero-order chi connectivity index (χ0) is 16.4. The van der Waals surface area contributed by atoms with Gasteiger partial charge in [-0.15, -0.1) is 5.10 Å². The fourth-order valence-corrected chi connectivity index (χ4v) is 3.10. The highest BCUT2D eigenvalue weighted by molar-refractivity contribution is 5.75. The third-order valence-corrected chi connectivity index (χ3v) is 4.33. The summed E-state index contributed by atoms with van der Waals surface area (Å²) >= 11 is 0. The van der Waals surface area contributed by atoms with E-state index in [4.69, 9.17) is 0 Å². The normalized spacial score (nSPS) is 17.9. The average molecular weight is 320 g/mol. The van der Waals surface area contributed by atoms with Crippen LogP contribution in [0.25, 0.3) is 11.0 Å². The number of rotatable bonds is 3. The van der Waals surface area contributed by atoms with Gasteiger partial charge >= 0.3 is 0 Å². The van der Waals surface area contributed by atoms with Crippen LogP contribution in [0.2, 0.25) is 0 Å². The summed E-state index contributed by atoms with van der Waals surface area (Å²) in [5.41, 5.74) is 2.78. The maximum Gasteiger partial charge on any atom is 0.151 e. The second-order valence-corrected chi connectivity index (χ2v) is 6.21.